The Labute approximate surface area is 152 Å². The number of hydrogen-bond donors (Lipinski definition) is 1. The molecular formula is C20H21NO5. The molecule has 1 amide bonds. The second-order valence-electron chi connectivity index (χ2n) is 5.70. The van der Waals surface area contributed by atoms with E-state index in [2.05, 4.69) is 5.32 Å². The quantitative estimate of drug-likeness (QED) is 0.734. The van der Waals surface area contributed by atoms with E-state index in [0.29, 0.717) is 12.2 Å². The van der Waals surface area contributed by atoms with Gasteiger partial charge in [0.05, 0.1) is 13.2 Å². The summed E-state index contributed by atoms with van der Waals surface area (Å²) < 4.78 is 10.1. The smallest absolute Gasteiger partial charge is 0.342 e. The van der Waals surface area contributed by atoms with Crippen LogP contribution in [0.2, 0.25) is 0 Å². The van der Waals surface area contributed by atoms with Gasteiger partial charge in [0.2, 0.25) is 0 Å². The number of ether oxygens (including phenoxy) is 2. The Bertz CT molecular complexity index is 773. The van der Waals surface area contributed by atoms with Gasteiger partial charge in [-0.15, -0.1) is 0 Å². The molecule has 2 rings (SSSR count). The maximum atomic E-state index is 12.1. The average molecular weight is 355 g/mol. The SMILES string of the molecule is COc1ccccc1C(=O)OCC(=O)N[C@@H](Cc1ccccc1)C(C)=O. The lowest BCUT2D eigenvalue weighted by Crippen LogP contribution is -2.43. The molecule has 0 fully saturated rings. The maximum Gasteiger partial charge on any atom is 0.342 e. The molecule has 6 heteroatoms. The topological polar surface area (TPSA) is 81.7 Å². The maximum absolute atomic E-state index is 12.1. The third-order valence-corrected chi connectivity index (χ3v) is 3.77. The van der Waals surface area contributed by atoms with Gasteiger partial charge in [-0.05, 0) is 31.0 Å². The van der Waals surface area contributed by atoms with Crippen LogP contribution in [0.4, 0.5) is 0 Å². The first kappa shape index (κ1) is 19.2. The lowest BCUT2D eigenvalue weighted by molar-refractivity contribution is -0.128. The summed E-state index contributed by atoms with van der Waals surface area (Å²) in [5.74, 6) is -1.01. The number of carbonyl (C=O) groups excluding carboxylic acids is 3. The third-order valence-electron chi connectivity index (χ3n) is 3.77. The summed E-state index contributed by atoms with van der Waals surface area (Å²) >= 11 is 0. The number of benzene rings is 2. The number of ketones is 1. The Hall–Kier alpha value is -3.15. The number of carbonyl (C=O) groups is 3. The highest BCUT2D eigenvalue weighted by Gasteiger charge is 2.19. The van der Waals surface area contributed by atoms with E-state index < -0.39 is 24.5 Å². The summed E-state index contributed by atoms with van der Waals surface area (Å²) in [5.41, 5.74) is 1.16. The average Bonchev–Trinajstić information content (AvgIpc) is 2.66. The molecule has 0 aliphatic rings. The van der Waals surface area contributed by atoms with Crippen molar-refractivity contribution < 1.29 is 23.9 Å². The molecule has 0 aromatic heterocycles. The summed E-state index contributed by atoms with van der Waals surface area (Å²) in [6, 6.07) is 15.3. The van der Waals surface area contributed by atoms with Gasteiger partial charge in [0.15, 0.2) is 12.4 Å². The number of amides is 1. The van der Waals surface area contributed by atoms with Crippen molar-refractivity contribution in [2.45, 2.75) is 19.4 Å². The highest BCUT2D eigenvalue weighted by molar-refractivity contribution is 5.94. The van der Waals surface area contributed by atoms with Gasteiger partial charge in [0.1, 0.15) is 11.3 Å². The van der Waals surface area contributed by atoms with E-state index in [-0.39, 0.29) is 11.3 Å². The van der Waals surface area contributed by atoms with Gasteiger partial charge >= 0.3 is 5.97 Å². The Morgan fingerprint density at radius 2 is 1.65 bits per heavy atom. The summed E-state index contributed by atoms with van der Waals surface area (Å²) in [5, 5.41) is 2.60. The van der Waals surface area contributed by atoms with Gasteiger partial charge in [-0.2, -0.15) is 0 Å². The van der Waals surface area contributed by atoms with E-state index in [1.807, 2.05) is 30.3 Å². The third kappa shape index (κ3) is 5.44. The van der Waals surface area contributed by atoms with Crippen LogP contribution < -0.4 is 10.1 Å². The van der Waals surface area contributed by atoms with E-state index in [4.69, 9.17) is 9.47 Å². The van der Waals surface area contributed by atoms with E-state index in [1.165, 1.54) is 14.0 Å². The molecule has 26 heavy (non-hydrogen) atoms. The van der Waals surface area contributed by atoms with Crippen molar-refractivity contribution in [3.63, 3.8) is 0 Å². The van der Waals surface area contributed by atoms with Crippen molar-refractivity contribution in [2.24, 2.45) is 0 Å². The number of esters is 1. The van der Waals surface area contributed by atoms with Crippen LogP contribution in [0.25, 0.3) is 0 Å². The predicted octanol–water partition coefficient (Wildman–Crippen LogP) is 2.17. The fraction of sp³-hybridized carbons (Fsp3) is 0.250. The monoisotopic (exact) mass is 355 g/mol. The van der Waals surface area contributed by atoms with Gasteiger partial charge in [-0.25, -0.2) is 4.79 Å². The summed E-state index contributed by atoms with van der Waals surface area (Å²) in [4.78, 5) is 35.9. The zero-order chi connectivity index (χ0) is 18.9. The second-order valence-corrected chi connectivity index (χ2v) is 5.70. The van der Waals surface area contributed by atoms with Crippen molar-refractivity contribution in [2.75, 3.05) is 13.7 Å². The van der Waals surface area contributed by atoms with Gasteiger partial charge < -0.3 is 14.8 Å². The van der Waals surface area contributed by atoms with Crippen LogP contribution in [-0.4, -0.2) is 37.4 Å². The Balaban J connectivity index is 1.92. The van der Waals surface area contributed by atoms with E-state index in [1.54, 1.807) is 24.3 Å². The van der Waals surface area contributed by atoms with Gasteiger partial charge in [0, 0.05) is 0 Å². The molecule has 136 valence electrons. The second kappa shape index (κ2) is 9.36. The van der Waals surface area contributed by atoms with Gasteiger partial charge in [0.25, 0.3) is 5.91 Å². The molecule has 0 aliphatic carbocycles. The zero-order valence-corrected chi connectivity index (χ0v) is 14.7. The van der Waals surface area contributed by atoms with Crippen molar-refractivity contribution in [1.82, 2.24) is 5.32 Å². The van der Waals surface area contributed by atoms with Crippen molar-refractivity contribution in [3.8, 4) is 5.75 Å². The molecule has 0 radical (unpaired) electrons. The fourth-order valence-corrected chi connectivity index (χ4v) is 2.40. The van der Waals surface area contributed by atoms with Crippen molar-refractivity contribution >= 4 is 17.7 Å². The zero-order valence-electron chi connectivity index (χ0n) is 14.7. The molecule has 1 atom stereocenters. The molecule has 0 saturated carbocycles. The number of para-hydroxylation sites is 1. The van der Waals surface area contributed by atoms with Crippen LogP contribution in [0.15, 0.2) is 54.6 Å². The molecule has 0 heterocycles. The molecule has 2 aromatic carbocycles. The number of rotatable bonds is 8. The normalized spacial score (nSPS) is 11.3. The molecule has 0 bridgehead atoms. The van der Waals surface area contributed by atoms with Crippen molar-refractivity contribution in [1.29, 1.82) is 0 Å². The van der Waals surface area contributed by atoms with Crippen LogP contribution in [-0.2, 0) is 20.7 Å². The first-order chi connectivity index (χ1) is 12.5. The van der Waals surface area contributed by atoms with Crippen LogP contribution in [0.3, 0.4) is 0 Å². The molecule has 2 aromatic rings. The Morgan fingerprint density at radius 1 is 1.00 bits per heavy atom. The van der Waals surface area contributed by atoms with E-state index in [0.717, 1.165) is 5.56 Å². The highest BCUT2D eigenvalue weighted by Crippen LogP contribution is 2.18. The largest absolute Gasteiger partial charge is 0.496 e. The van der Waals surface area contributed by atoms with Gasteiger partial charge in [-0.1, -0.05) is 42.5 Å². The lowest BCUT2D eigenvalue weighted by atomic mass is 10.0. The number of nitrogens with one attached hydrogen (secondary N) is 1. The van der Waals surface area contributed by atoms with Crippen LogP contribution in [0.1, 0.15) is 22.8 Å². The molecule has 1 N–H and O–H groups in total. The molecule has 0 unspecified atom stereocenters. The summed E-state index contributed by atoms with van der Waals surface area (Å²) in [6.45, 7) is 0.935. The summed E-state index contributed by atoms with van der Waals surface area (Å²) in [6.07, 6.45) is 0.377. The highest BCUT2D eigenvalue weighted by atomic mass is 16.5. The molecule has 0 aliphatic heterocycles. The van der Waals surface area contributed by atoms with Gasteiger partial charge in [-0.3, -0.25) is 9.59 Å². The minimum Gasteiger partial charge on any atom is -0.496 e. The molecule has 0 saturated heterocycles. The van der Waals surface area contributed by atoms with Crippen LogP contribution in [0.5, 0.6) is 5.75 Å². The first-order valence-electron chi connectivity index (χ1n) is 8.15. The number of methoxy groups -OCH3 is 1. The van der Waals surface area contributed by atoms with E-state index in [9.17, 15) is 14.4 Å². The minimum absolute atomic E-state index is 0.168. The molecule has 0 spiro atoms. The summed E-state index contributed by atoms with van der Waals surface area (Å²) in [7, 11) is 1.44. The number of Topliss-reactive ketones (excluding diaryl/α,β-unsaturated/α-hetero) is 1. The van der Waals surface area contributed by atoms with E-state index >= 15 is 0 Å². The lowest BCUT2D eigenvalue weighted by Gasteiger charge is -2.16. The minimum atomic E-state index is -0.671. The standard InChI is InChI=1S/C20H21NO5/c1-14(22)17(12-15-8-4-3-5-9-15)21-19(23)13-26-20(24)16-10-6-7-11-18(16)25-2/h3-11,17H,12-13H2,1-2H3,(H,21,23)/t17-/m0/s1. The first-order valence-corrected chi connectivity index (χ1v) is 8.15. The molecule has 6 nitrogen and oxygen atoms in total. The predicted molar refractivity (Wildman–Crippen MR) is 96.0 cm³/mol. The van der Waals surface area contributed by atoms with Crippen LogP contribution >= 0.6 is 0 Å². The number of hydrogen-bond acceptors (Lipinski definition) is 5. The van der Waals surface area contributed by atoms with Crippen molar-refractivity contribution in [3.05, 3.63) is 65.7 Å². The van der Waals surface area contributed by atoms with Crippen LogP contribution in [0, 0.1) is 0 Å². The Morgan fingerprint density at radius 3 is 2.31 bits per heavy atom. The Kier molecular flexibility index (Phi) is 6.91. The fourth-order valence-electron chi connectivity index (χ4n) is 2.40. The molecular weight excluding hydrogens is 334 g/mol.